The van der Waals surface area contributed by atoms with Crippen LogP contribution < -0.4 is 5.73 Å². The lowest BCUT2D eigenvalue weighted by Gasteiger charge is -2.00. The normalized spacial score (nSPS) is 10.4. The summed E-state index contributed by atoms with van der Waals surface area (Å²) in [6.07, 6.45) is 0. The molecule has 0 saturated carbocycles. The van der Waals surface area contributed by atoms with Crippen LogP contribution in [0.3, 0.4) is 0 Å². The van der Waals surface area contributed by atoms with E-state index >= 15 is 0 Å². The lowest BCUT2D eigenvalue weighted by atomic mass is 10.3. The molecule has 0 atom stereocenters. The smallest absolute Gasteiger partial charge is 0.164 e. The minimum Gasteiger partial charge on any atom is -0.324 e. The SMILES string of the molecule is Cc1nc(CN)nn1-c1ccccc1. The molecular formula is C10H12N4. The molecule has 0 radical (unpaired) electrons. The van der Waals surface area contributed by atoms with Crippen LogP contribution in [0.15, 0.2) is 30.3 Å². The van der Waals surface area contributed by atoms with Gasteiger partial charge in [-0.15, -0.1) is 5.10 Å². The van der Waals surface area contributed by atoms with E-state index in [1.54, 1.807) is 4.68 Å². The van der Waals surface area contributed by atoms with Crippen LogP contribution in [0.2, 0.25) is 0 Å². The molecule has 0 spiro atoms. The van der Waals surface area contributed by atoms with E-state index < -0.39 is 0 Å². The number of aromatic nitrogens is 3. The van der Waals surface area contributed by atoms with Gasteiger partial charge in [-0.3, -0.25) is 0 Å². The number of nitrogens with zero attached hydrogens (tertiary/aromatic N) is 3. The van der Waals surface area contributed by atoms with Crippen LogP contribution in [0, 0.1) is 6.92 Å². The van der Waals surface area contributed by atoms with Crippen molar-refractivity contribution in [3.63, 3.8) is 0 Å². The minimum atomic E-state index is 0.376. The fourth-order valence-electron chi connectivity index (χ4n) is 1.34. The van der Waals surface area contributed by atoms with Crippen LogP contribution in [-0.2, 0) is 6.54 Å². The van der Waals surface area contributed by atoms with Crippen LogP contribution in [0.1, 0.15) is 11.6 Å². The van der Waals surface area contributed by atoms with Crippen molar-refractivity contribution in [3.8, 4) is 5.69 Å². The Hall–Kier alpha value is -1.68. The summed E-state index contributed by atoms with van der Waals surface area (Å²) in [4.78, 5) is 4.23. The molecule has 0 aliphatic rings. The first kappa shape index (κ1) is 8.90. The van der Waals surface area contributed by atoms with Gasteiger partial charge in [0.2, 0.25) is 0 Å². The third-order valence-electron chi connectivity index (χ3n) is 2.00. The summed E-state index contributed by atoms with van der Waals surface area (Å²) in [5.74, 6) is 1.53. The molecule has 14 heavy (non-hydrogen) atoms. The first-order chi connectivity index (χ1) is 6.81. The van der Waals surface area contributed by atoms with E-state index in [-0.39, 0.29) is 0 Å². The van der Waals surface area contributed by atoms with Crippen molar-refractivity contribution in [2.24, 2.45) is 5.73 Å². The van der Waals surface area contributed by atoms with Gasteiger partial charge >= 0.3 is 0 Å². The average molecular weight is 188 g/mol. The Balaban J connectivity index is 2.46. The van der Waals surface area contributed by atoms with Gasteiger partial charge in [-0.25, -0.2) is 9.67 Å². The van der Waals surface area contributed by atoms with Crippen molar-refractivity contribution < 1.29 is 0 Å². The van der Waals surface area contributed by atoms with Crippen molar-refractivity contribution in [1.29, 1.82) is 0 Å². The quantitative estimate of drug-likeness (QED) is 0.766. The van der Waals surface area contributed by atoms with Crippen LogP contribution in [0.4, 0.5) is 0 Å². The molecule has 0 amide bonds. The molecule has 0 aliphatic carbocycles. The number of hydrogen-bond donors (Lipinski definition) is 1. The van der Waals surface area contributed by atoms with E-state index in [0.29, 0.717) is 12.4 Å². The first-order valence-electron chi connectivity index (χ1n) is 4.49. The average Bonchev–Trinajstić information content (AvgIpc) is 2.61. The highest BCUT2D eigenvalue weighted by Gasteiger charge is 2.05. The van der Waals surface area contributed by atoms with Crippen LogP contribution in [0.5, 0.6) is 0 Å². The van der Waals surface area contributed by atoms with E-state index in [9.17, 15) is 0 Å². The summed E-state index contributed by atoms with van der Waals surface area (Å²) < 4.78 is 1.79. The van der Waals surface area contributed by atoms with E-state index in [1.165, 1.54) is 0 Å². The second-order valence-corrected chi connectivity index (χ2v) is 3.03. The molecule has 0 aliphatic heterocycles. The number of benzene rings is 1. The molecule has 0 saturated heterocycles. The number of nitrogens with two attached hydrogens (primary N) is 1. The third-order valence-corrected chi connectivity index (χ3v) is 2.00. The summed E-state index contributed by atoms with van der Waals surface area (Å²) in [7, 11) is 0. The Labute approximate surface area is 82.4 Å². The first-order valence-corrected chi connectivity index (χ1v) is 4.49. The molecule has 0 fully saturated rings. The summed E-state index contributed by atoms with van der Waals surface area (Å²) in [5.41, 5.74) is 6.48. The van der Waals surface area contributed by atoms with Gasteiger partial charge in [0.1, 0.15) is 5.82 Å². The Morgan fingerprint density at radius 3 is 2.57 bits per heavy atom. The number of para-hydroxylation sites is 1. The maximum absolute atomic E-state index is 5.47. The Morgan fingerprint density at radius 2 is 2.00 bits per heavy atom. The molecule has 0 unspecified atom stereocenters. The fraction of sp³-hybridized carbons (Fsp3) is 0.200. The van der Waals surface area contributed by atoms with Crippen LogP contribution >= 0.6 is 0 Å². The second-order valence-electron chi connectivity index (χ2n) is 3.03. The molecule has 4 nitrogen and oxygen atoms in total. The van der Waals surface area contributed by atoms with Gasteiger partial charge in [0.15, 0.2) is 5.82 Å². The monoisotopic (exact) mass is 188 g/mol. The largest absolute Gasteiger partial charge is 0.324 e. The van der Waals surface area contributed by atoms with E-state index in [1.807, 2.05) is 37.3 Å². The van der Waals surface area contributed by atoms with E-state index in [2.05, 4.69) is 10.1 Å². The van der Waals surface area contributed by atoms with Gasteiger partial charge in [-0.05, 0) is 19.1 Å². The maximum Gasteiger partial charge on any atom is 0.164 e. The van der Waals surface area contributed by atoms with Gasteiger partial charge in [0.25, 0.3) is 0 Å². The molecule has 1 aromatic heterocycles. The lowest BCUT2D eigenvalue weighted by molar-refractivity contribution is 0.812. The number of hydrogen-bond acceptors (Lipinski definition) is 3. The summed E-state index contributed by atoms with van der Waals surface area (Å²) in [5, 5.41) is 4.28. The summed E-state index contributed by atoms with van der Waals surface area (Å²) >= 11 is 0. The predicted molar refractivity (Wildman–Crippen MR) is 54.0 cm³/mol. The fourth-order valence-corrected chi connectivity index (χ4v) is 1.34. The van der Waals surface area contributed by atoms with Crippen LogP contribution in [-0.4, -0.2) is 14.8 Å². The molecule has 4 heteroatoms. The Kier molecular flexibility index (Phi) is 2.28. The zero-order valence-corrected chi connectivity index (χ0v) is 8.01. The topological polar surface area (TPSA) is 56.7 Å². The number of aryl methyl sites for hydroxylation is 1. The van der Waals surface area contributed by atoms with Gasteiger partial charge in [0, 0.05) is 0 Å². The molecule has 1 heterocycles. The van der Waals surface area contributed by atoms with Crippen molar-refractivity contribution in [3.05, 3.63) is 42.0 Å². The van der Waals surface area contributed by atoms with Gasteiger partial charge in [-0.2, -0.15) is 0 Å². The molecule has 2 N–H and O–H groups in total. The van der Waals surface area contributed by atoms with E-state index in [4.69, 9.17) is 5.73 Å². The van der Waals surface area contributed by atoms with Crippen LogP contribution in [0.25, 0.3) is 5.69 Å². The van der Waals surface area contributed by atoms with Crippen molar-refractivity contribution in [1.82, 2.24) is 14.8 Å². The highest BCUT2D eigenvalue weighted by molar-refractivity contribution is 5.30. The Morgan fingerprint density at radius 1 is 1.29 bits per heavy atom. The third kappa shape index (κ3) is 1.52. The molecule has 2 rings (SSSR count). The highest BCUT2D eigenvalue weighted by atomic mass is 15.3. The summed E-state index contributed by atoms with van der Waals surface area (Å²) in [6.45, 7) is 2.29. The highest BCUT2D eigenvalue weighted by Crippen LogP contribution is 2.08. The summed E-state index contributed by atoms with van der Waals surface area (Å²) in [6, 6.07) is 9.89. The molecule has 1 aromatic carbocycles. The maximum atomic E-state index is 5.47. The standard InChI is InChI=1S/C10H12N4/c1-8-12-10(7-11)13-14(8)9-5-3-2-4-6-9/h2-6H,7,11H2,1H3. The van der Waals surface area contributed by atoms with Gasteiger partial charge < -0.3 is 5.73 Å². The lowest BCUT2D eigenvalue weighted by Crippen LogP contribution is -2.01. The zero-order chi connectivity index (χ0) is 9.97. The number of rotatable bonds is 2. The van der Waals surface area contributed by atoms with E-state index in [0.717, 1.165) is 11.5 Å². The van der Waals surface area contributed by atoms with Gasteiger partial charge in [0.05, 0.1) is 12.2 Å². The molecular weight excluding hydrogens is 176 g/mol. The zero-order valence-electron chi connectivity index (χ0n) is 8.01. The van der Waals surface area contributed by atoms with Crippen molar-refractivity contribution in [2.75, 3.05) is 0 Å². The Bertz CT molecular complexity index is 419. The molecule has 0 bridgehead atoms. The van der Waals surface area contributed by atoms with Gasteiger partial charge in [-0.1, -0.05) is 18.2 Å². The molecule has 72 valence electrons. The van der Waals surface area contributed by atoms with Crippen molar-refractivity contribution >= 4 is 0 Å². The molecule has 2 aromatic rings. The minimum absolute atomic E-state index is 0.376. The second kappa shape index (κ2) is 3.59. The predicted octanol–water partition coefficient (Wildman–Crippen LogP) is 1.03. The van der Waals surface area contributed by atoms with Crippen molar-refractivity contribution in [2.45, 2.75) is 13.5 Å².